The molecule has 21 heavy (non-hydrogen) atoms. The number of piperidine rings is 1. The van der Waals surface area contributed by atoms with E-state index in [1.165, 1.54) is 0 Å². The molecule has 4 nitrogen and oxygen atoms in total. The number of ether oxygens (including phenoxy) is 1. The Morgan fingerprint density at radius 3 is 2.76 bits per heavy atom. The molecular formula is C16H25NO3S. The second-order valence-electron chi connectivity index (χ2n) is 5.97. The molecule has 1 atom stereocenters. The van der Waals surface area contributed by atoms with E-state index in [1.54, 1.807) is 22.5 Å². The van der Waals surface area contributed by atoms with Crippen molar-refractivity contribution >= 4 is 10.0 Å². The zero-order chi connectivity index (χ0) is 15.5. The molecule has 1 heterocycles. The maximum absolute atomic E-state index is 12.8. The number of sulfonamides is 1. The van der Waals surface area contributed by atoms with Gasteiger partial charge in [0.15, 0.2) is 0 Å². The molecular weight excluding hydrogens is 286 g/mol. The molecule has 0 unspecified atom stereocenters. The number of hydrogen-bond acceptors (Lipinski definition) is 3. The van der Waals surface area contributed by atoms with Crippen molar-refractivity contribution in [1.29, 1.82) is 0 Å². The molecule has 1 aliphatic heterocycles. The van der Waals surface area contributed by atoms with Gasteiger partial charge in [-0.15, -0.1) is 0 Å². The second-order valence-corrected chi connectivity index (χ2v) is 7.86. The fourth-order valence-electron chi connectivity index (χ4n) is 2.62. The van der Waals surface area contributed by atoms with Gasteiger partial charge in [0.2, 0.25) is 10.0 Å². The Balaban J connectivity index is 2.21. The highest BCUT2D eigenvalue weighted by Gasteiger charge is 2.30. The Bertz CT molecular complexity index is 569. The van der Waals surface area contributed by atoms with Crippen molar-refractivity contribution in [2.75, 3.05) is 6.54 Å². The number of hydrogen-bond donors (Lipinski definition) is 0. The molecule has 5 heteroatoms. The Labute approximate surface area is 128 Å². The van der Waals surface area contributed by atoms with Crippen molar-refractivity contribution in [1.82, 2.24) is 4.31 Å². The molecule has 0 saturated carbocycles. The third-order valence-corrected chi connectivity index (χ3v) is 5.84. The van der Waals surface area contributed by atoms with Crippen LogP contribution in [-0.4, -0.2) is 31.4 Å². The first-order chi connectivity index (χ1) is 9.91. The van der Waals surface area contributed by atoms with E-state index in [-0.39, 0.29) is 12.1 Å². The maximum atomic E-state index is 12.8. The Kier molecular flexibility index (Phi) is 5.41. The molecule has 1 aromatic carbocycles. The quantitative estimate of drug-likeness (QED) is 0.839. The summed E-state index contributed by atoms with van der Waals surface area (Å²) < 4.78 is 32.7. The lowest BCUT2D eigenvalue weighted by Gasteiger charge is -2.32. The summed E-state index contributed by atoms with van der Waals surface area (Å²) in [6.07, 6.45) is 3.12. The lowest BCUT2D eigenvalue weighted by molar-refractivity contribution is 0.0656. The molecule has 0 amide bonds. The first kappa shape index (κ1) is 16.5. The van der Waals surface area contributed by atoms with Gasteiger partial charge in [-0.3, -0.25) is 0 Å². The highest BCUT2D eigenvalue weighted by atomic mass is 32.2. The van der Waals surface area contributed by atoms with Crippen molar-refractivity contribution in [2.24, 2.45) is 0 Å². The lowest BCUT2D eigenvalue weighted by Crippen LogP contribution is -2.41. The van der Waals surface area contributed by atoms with Crippen LogP contribution in [0.4, 0.5) is 0 Å². The van der Waals surface area contributed by atoms with Gasteiger partial charge in [0.05, 0.1) is 17.6 Å². The molecule has 1 aromatic rings. The van der Waals surface area contributed by atoms with Crippen molar-refractivity contribution in [3.63, 3.8) is 0 Å². The summed E-state index contributed by atoms with van der Waals surface area (Å²) in [4.78, 5) is 0.376. The van der Waals surface area contributed by atoms with Crippen LogP contribution in [-0.2, 0) is 21.4 Å². The Morgan fingerprint density at radius 1 is 1.33 bits per heavy atom. The van der Waals surface area contributed by atoms with Gasteiger partial charge in [-0.25, -0.2) is 8.42 Å². The van der Waals surface area contributed by atoms with Crippen LogP contribution in [0, 0.1) is 0 Å². The van der Waals surface area contributed by atoms with Gasteiger partial charge in [0.1, 0.15) is 0 Å². The van der Waals surface area contributed by atoms with E-state index in [4.69, 9.17) is 4.74 Å². The highest BCUT2D eigenvalue weighted by molar-refractivity contribution is 7.89. The molecule has 0 aromatic heterocycles. The van der Waals surface area contributed by atoms with Gasteiger partial charge in [-0.1, -0.05) is 18.6 Å². The molecule has 0 radical (unpaired) electrons. The average molecular weight is 311 g/mol. The normalized spacial score (nSPS) is 20.9. The molecule has 1 aliphatic rings. The fourth-order valence-corrected chi connectivity index (χ4v) is 4.39. The van der Waals surface area contributed by atoms with Crippen molar-refractivity contribution in [2.45, 2.75) is 63.7 Å². The molecule has 0 spiro atoms. The van der Waals surface area contributed by atoms with E-state index in [2.05, 4.69) is 0 Å². The van der Waals surface area contributed by atoms with Crippen LogP contribution in [0.2, 0.25) is 0 Å². The van der Waals surface area contributed by atoms with Gasteiger partial charge in [-0.05, 0) is 51.3 Å². The minimum Gasteiger partial charge on any atom is -0.374 e. The van der Waals surface area contributed by atoms with Gasteiger partial charge in [0, 0.05) is 12.6 Å². The summed E-state index contributed by atoms with van der Waals surface area (Å²) in [6, 6.07) is 7.19. The van der Waals surface area contributed by atoms with E-state index in [1.807, 2.05) is 26.8 Å². The minimum atomic E-state index is -3.39. The van der Waals surface area contributed by atoms with Crippen LogP contribution in [0.1, 0.15) is 45.6 Å². The largest absolute Gasteiger partial charge is 0.374 e. The van der Waals surface area contributed by atoms with E-state index in [9.17, 15) is 8.42 Å². The summed E-state index contributed by atoms with van der Waals surface area (Å²) >= 11 is 0. The standard InChI is InChI=1S/C16H25NO3S/c1-13(2)20-12-15-8-6-9-16(11-15)21(18,19)17-10-5-4-7-14(17)3/h6,8-9,11,13-14H,4-5,7,10,12H2,1-3H3/t14-/m1/s1. The van der Waals surface area contributed by atoms with Crippen LogP contribution in [0.25, 0.3) is 0 Å². The average Bonchev–Trinajstić information content (AvgIpc) is 2.45. The monoisotopic (exact) mass is 311 g/mol. The zero-order valence-electron chi connectivity index (χ0n) is 13.1. The summed E-state index contributed by atoms with van der Waals surface area (Å²) in [6.45, 7) is 6.99. The van der Waals surface area contributed by atoms with Crippen LogP contribution < -0.4 is 0 Å². The van der Waals surface area contributed by atoms with Gasteiger partial charge >= 0.3 is 0 Å². The van der Waals surface area contributed by atoms with Crippen LogP contribution in [0.15, 0.2) is 29.2 Å². The van der Waals surface area contributed by atoms with E-state index >= 15 is 0 Å². The first-order valence-corrected chi connectivity index (χ1v) is 9.07. The fraction of sp³-hybridized carbons (Fsp3) is 0.625. The molecule has 1 saturated heterocycles. The third kappa shape index (κ3) is 4.05. The van der Waals surface area contributed by atoms with Gasteiger partial charge in [0.25, 0.3) is 0 Å². The van der Waals surface area contributed by atoms with Gasteiger partial charge in [-0.2, -0.15) is 4.31 Å². The van der Waals surface area contributed by atoms with Gasteiger partial charge < -0.3 is 4.74 Å². The van der Waals surface area contributed by atoms with Crippen molar-refractivity contribution < 1.29 is 13.2 Å². The van der Waals surface area contributed by atoms with Crippen molar-refractivity contribution in [3.05, 3.63) is 29.8 Å². The SMILES string of the molecule is CC(C)OCc1cccc(S(=O)(=O)N2CCCC[C@H]2C)c1. The van der Waals surface area contributed by atoms with Crippen molar-refractivity contribution in [3.8, 4) is 0 Å². The van der Waals surface area contributed by atoms with E-state index in [0.717, 1.165) is 24.8 Å². The topological polar surface area (TPSA) is 46.6 Å². The third-order valence-electron chi connectivity index (χ3n) is 3.83. The number of rotatable bonds is 5. The zero-order valence-corrected chi connectivity index (χ0v) is 13.9. The predicted molar refractivity (Wildman–Crippen MR) is 83.6 cm³/mol. The summed E-state index contributed by atoms with van der Waals surface area (Å²) in [5.41, 5.74) is 0.898. The molecule has 0 aliphatic carbocycles. The summed E-state index contributed by atoms with van der Waals surface area (Å²) in [5.74, 6) is 0. The second kappa shape index (κ2) is 6.90. The molecule has 0 N–H and O–H groups in total. The number of benzene rings is 1. The van der Waals surface area contributed by atoms with E-state index < -0.39 is 10.0 Å². The highest BCUT2D eigenvalue weighted by Crippen LogP contribution is 2.25. The lowest BCUT2D eigenvalue weighted by atomic mass is 10.1. The van der Waals surface area contributed by atoms with Crippen LogP contribution >= 0.6 is 0 Å². The molecule has 2 rings (SSSR count). The predicted octanol–water partition coefficient (Wildman–Crippen LogP) is 3.17. The van der Waals surface area contributed by atoms with Crippen LogP contribution in [0.3, 0.4) is 0 Å². The Hall–Kier alpha value is -0.910. The number of nitrogens with zero attached hydrogens (tertiary/aromatic N) is 1. The summed E-state index contributed by atoms with van der Waals surface area (Å²) in [5, 5.41) is 0. The summed E-state index contributed by atoms with van der Waals surface area (Å²) in [7, 11) is -3.39. The smallest absolute Gasteiger partial charge is 0.243 e. The molecule has 118 valence electrons. The first-order valence-electron chi connectivity index (χ1n) is 7.63. The Morgan fingerprint density at radius 2 is 2.10 bits per heavy atom. The van der Waals surface area contributed by atoms with E-state index in [0.29, 0.717) is 18.0 Å². The molecule has 1 fully saturated rings. The maximum Gasteiger partial charge on any atom is 0.243 e. The molecule has 0 bridgehead atoms. The minimum absolute atomic E-state index is 0.0827. The van der Waals surface area contributed by atoms with Crippen LogP contribution in [0.5, 0.6) is 0 Å².